The van der Waals surface area contributed by atoms with Gasteiger partial charge in [-0.1, -0.05) is 18.2 Å². The van der Waals surface area contributed by atoms with Crippen molar-refractivity contribution in [1.29, 1.82) is 0 Å². The second-order valence-electron chi connectivity index (χ2n) is 9.57. The molecule has 4 bridgehead atoms. The molecule has 0 atom stereocenters. The zero-order chi connectivity index (χ0) is 20.2. The normalized spacial score (nSPS) is 29.6. The molecule has 0 saturated heterocycles. The van der Waals surface area contributed by atoms with E-state index >= 15 is 0 Å². The lowest BCUT2D eigenvalue weighted by Gasteiger charge is -2.57. The fourth-order valence-electron chi connectivity index (χ4n) is 6.59. The van der Waals surface area contributed by atoms with E-state index < -0.39 is 5.97 Å². The Kier molecular flexibility index (Phi) is 4.27. The van der Waals surface area contributed by atoms with Crippen LogP contribution in [-0.2, 0) is 5.41 Å². The number of carboxylic acid groups (broad SMARTS) is 1. The Morgan fingerprint density at radius 2 is 1.55 bits per heavy atom. The number of carbonyl (C=O) groups is 2. The van der Waals surface area contributed by atoms with Gasteiger partial charge < -0.3 is 10.4 Å². The van der Waals surface area contributed by atoms with Crippen molar-refractivity contribution in [3.05, 3.63) is 64.7 Å². The molecule has 4 heteroatoms. The molecule has 0 heterocycles. The second-order valence-corrected chi connectivity index (χ2v) is 9.57. The summed E-state index contributed by atoms with van der Waals surface area (Å²) < 4.78 is 0. The van der Waals surface area contributed by atoms with E-state index in [4.69, 9.17) is 5.11 Å². The number of carboxylic acids is 1. The highest BCUT2D eigenvalue weighted by Gasteiger charge is 2.51. The molecule has 0 spiro atoms. The number of amides is 1. The van der Waals surface area contributed by atoms with Crippen molar-refractivity contribution in [1.82, 2.24) is 0 Å². The number of carbonyl (C=O) groups excluding carboxylic acids is 1. The molecule has 0 aromatic heterocycles. The maximum atomic E-state index is 12.6. The Balaban J connectivity index is 1.37. The van der Waals surface area contributed by atoms with Crippen LogP contribution in [0.1, 0.15) is 70.4 Å². The molecule has 4 aliphatic carbocycles. The van der Waals surface area contributed by atoms with Crippen LogP contribution < -0.4 is 5.32 Å². The van der Waals surface area contributed by atoms with Crippen LogP contribution in [-0.4, -0.2) is 17.0 Å². The number of hydrogen-bond donors (Lipinski definition) is 2. The van der Waals surface area contributed by atoms with Gasteiger partial charge in [-0.25, -0.2) is 4.79 Å². The van der Waals surface area contributed by atoms with Crippen molar-refractivity contribution in [2.45, 2.75) is 50.9 Å². The van der Waals surface area contributed by atoms with Crippen LogP contribution in [0.15, 0.2) is 42.5 Å². The molecule has 29 heavy (non-hydrogen) atoms. The Morgan fingerprint density at radius 1 is 0.931 bits per heavy atom. The summed E-state index contributed by atoms with van der Waals surface area (Å²) >= 11 is 0. The van der Waals surface area contributed by atoms with Gasteiger partial charge in [0.1, 0.15) is 0 Å². The molecule has 4 nitrogen and oxygen atoms in total. The van der Waals surface area contributed by atoms with E-state index in [0.717, 1.165) is 29.0 Å². The second kappa shape index (κ2) is 6.72. The summed E-state index contributed by atoms with van der Waals surface area (Å²) in [6.45, 7) is 2.05. The fraction of sp³-hybridized carbons (Fsp3) is 0.440. The predicted molar refractivity (Wildman–Crippen MR) is 112 cm³/mol. The number of nitrogens with one attached hydrogen (secondary N) is 1. The minimum Gasteiger partial charge on any atom is -0.478 e. The van der Waals surface area contributed by atoms with E-state index in [9.17, 15) is 9.59 Å². The third kappa shape index (κ3) is 3.25. The van der Waals surface area contributed by atoms with Crippen LogP contribution in [0.4, 0.5) is 5.69 Å². The quantitative estimate of drug-likeness (QED) is 0.734. The monoisotopic (exact) mass is 389 g/mol. The molecule has 2 N–H and O–H groups in total. The van der Waals surface area contributed by atoms with Crippen LogP contribution >= 0.6 is 0 Å². The summed E-state index contributed by atoms with van der Waals surface area (Å²) in [5, 5.41) is 12.1. The van der Waals surface area contributed by atoms with Crippen LogP contribution in [0.5, 0.6) is 0 Å². The van der Waals surface area contributed by atoms with Crippen LogP contribution in [0.2, 0.25) is 0 Å². The van der Waals surface area contributed by atoms with Gasteiger partial charge in [-0.3, -0.25) is 4.79 Å². The van der Waals surface area contributed by atoms with E-state index in [2.05, 4.69) is 17.4 Å². The Morgan fingerprint density at radius 3 is 2.14 bits per heavy atom. The lowest BCUT2D eigenvalue weighted by molar-refractivity contribution is -0.00520. The van der Waals surface area contributed by atoms with Crippen molar-refractivity contribution in [2.75, 3.05) is 5.32 Å². The SMILES string of the molecule is Cc1cc(C23CC4CC(CC(C4)C2)C3)ccc1NC(=O)c1cccc(C(=O)O)c1. The van der Waals surface area contributed by atoms with Gasteiger partial charge in [-0.2, -0.15) is 0 Å². The Bertz CT molecular complexity index is 958. The molecule has 0 radical (unpaired) electrons. The largest absolute Gasteiger partial charge is 0.478 e. The van der Waals surface area contributed by atoms with E-state index in [1.807, 2.05) is 13.0 Å². The zero-order valence-electron chi connectivity index (χ0n) is 16.8. The molecular weight excluding hydrogens is 362 g/mol. The first-order valence-electron chi connectivity index (χ1n) is 10.7. The maximum absolute atomic E-state index is 12.6. The topological polar surface area (TPSA) is 66.4 Å². The van der Waals surface area contributed by atoms with Crippen molar-refractivity contribution in [2.24, 2.45) is 17.8 Å². The van der Waals surface area contributed by atoms with Crippen LogP contribution in [0.3, 0.4) is 0 Å². The molecule has 0 aliphatic heterocycles. The van der Waals surface area contributed by atoms with Gasteiger partial charge in [0.05, 0.1) is 5.56 Å². The number of benzene rings is 2. The predicted octanol–water partition coefficient (Wildman–Crippen LogP) is 5.41. The van der Waals surface area contributed by atoms with Gasteiger partial charge in [-0.05, 0) is 104 Å². The fourth-order valence-corrected chi connectivity index (χ4v) is 6.59. The average molecular weight is 389 g/mol. The van der Waals surface area contributed by atoms with Gasteiger partial charge in [0.2, 0.25) is 0 Å². The molecule has 150 valence electrons. The first-order chi connectivity index (χ1) is 13.9. The summed E-state index contributed by atoms with van der Waals surface area (Å²) in [6, 6.07) is 12.7. The highest BCUT2D eigenvalue weighted by molar-refractivity contribution is 6.05. The highest BCUT2D eigenvalue weighted by Crippen LogP contribution is 2.60. The molecule has 4 aliphatic rings. The first kappa shape index (κ1) is 18.4. The maximum Gasteiger partial charge on any atom is 0.335 e. The van der Waals surface area contributed by atoms with Crippen molar-refractivity contribution in [3.63, 3.8) is 0 Å². The molecule has 1 amide bonds. The zero-order valence-corrected chi connectivity index (χ0v) is 16.8. The molecule has 6 rings (SSSR count). The lowest BCUT2D eigenvalue weighted by Crippen LogP contribution is -2.48. The third-order valence-corrected chi connectivity index (χ3v) is 7.50. The number of aromatic carboxylic acids is 1. The van der Waals surface area contributed by atoms with E-state index in [1.165, 1.54) is 56.2 Å². The first-order valence-corrected chi connectivity index (χ1v) is 10.7. The average Bonchev–Trinajstić information content (AvgIpc) is 2.68. The molecular formula is C25H27NO3. The van der Waals surface area contributed by atoms with Gasteiger partial charge in [0, 0.05) is 11.3 Å². The van der Waals surface area contributed by atoms with Crippen LogP contribution in [0.25, 0.3) is 0 Å². The highest BCUT2D eigenvalue weighted by atomic mass is 16.4. The van der Waals surface area contributed by atoms with Gasteiger partial charge in [-0.15, -0.1) is 0 Å². The summed E-state index contributed by atoms with van der Waals surface area (Å²) in [7, 11) is 0. The molecule has 2 aromatic carbocycles. The summed E-state index contributed by atoms with van der Waals surface area (Å²) in [5.41, 5.74) is 4.13. The van der Waals surface area contributed by atoms with Crippen molar-refractivity contribution in [3.8, 4) is 0 Å². The number of aryl methyl sites for hydroxylation is 1. The molecule has 4 fully saturated rings. The van der Waals surface area contributed by atoms with Gasteiger partial charge in [0.15, 0.2) is 0 Å². The molecule has 2 aromatic rings. The van der Waals surface area contributed by atoms with Gasteiger partial charge >= 0.3 is 5.97 Å². The standard InChI is InChI=1S/C25H27NO3/c1-15-7-21(25-12-16-8-17(13-25)10-18(9-16)14-25)5-6-22(15)26-23(27)19-3-2-4-20(11-19)24(28)29/h2-7,11,16-18H,8-10,12-14H2,1H3,(H,26,27)(H,28,29). The number of hydrogen-bond acceptors (Lipinski definition) is 2. The molecule has 4 saturated carbocycles. The smallest absolute Gasteiger partial charge is 0.335 e. The Labute approximate surface area is 171 Å². The van der Waals surface area contributed by atoms with Crippen molar-refractivity contribution < 1.29 is 14.7 Å². The minimum atomic E-state index is -1.03. The van der Waals surface area contributed by atoms with Crippen LogP contribution in [0, 0.1) is 24.7 Å². The van der Waals surface area contributed by atoms with Gasteiger partial charge in [0.25, 0.3) is 5.91 Å². The Hall–Kier alpha value is -2.62. The summed E-state index contributed by atoms with van der Waals surface area (Å²) in [5.74, 6) is 1.40. The minimum absolute atomic E-state index is 0.117. The number of anilines is 1. The summed E-state index contributed by atoms with van der Waals surface area (Å²) in [6.07, 6.45) is 8.27. The van der Waals surface area contributed by atoms with Crippen molar-refractivity contribution >= 4 is 17.6 Å². The number of rotatable bonds is 4. The van der Waals surface area contributed by atoms with E-state index in [-0.39, 0.29) is 11.5 Å². The summed E-state index contributed by atoms with van der Waals surface area (Å²) in [4.78, 5) is 23.8. The lowest BCUT2D eigenvalue weighted by atomic mass is 9.48. The third-order valence-electron chi connectivity index (χ3n) is 7.50. The molecule has 0 unspecified atom stereocenters. The van der Waals surface area contributed by atoms with E-state index in [1.54, 1.807) is 12.1 Å². The van der Waals surface area contributed by atoms with E-state index in [0.29, 0.717) is 11.0 Å².